The molecule has 4 aromatic rings. The maximum Gasteiger partial charge on any atom is 0.275 e. The van der Waals surface area contributed by atoms with Crippen molar-refractivity contribution in [3.63, 3.8) is 0 Å². The van der Waals surface area contributed by atoms with E-state index in [1.54, 1.807) is 6.07 Å². The number of nitrogens with one attached hydrogen (secondary N) is 2. The van der Waals surface area contributed by atoms with E-state index < -0.39 is 0 Å². The lowest BCUT2D eigenvalue weighted by Gasteiger charge is -2.18. The van der Waals surface area contributed by atoms with E-state index in [9.17, 15) is 4.79 Å². The van der Waals surface area contributed by atoms with Gasteiger partial charge in [0.2, 0.25) is 5.78 Å². The molecular weight excluding hydrogens is 374 g/mol. The van der Waals surface area contributed by atoms with Crippen molar-refractivity contribution >= 4 is 11.5 Å². The third-order valence-corrected chi connectivity index (χ3v) is 5.38. The van der Waals surface area contributed by atoms with Crippen molar-refractivity contribution in [3.05, 3.63) is 81.3 Å². The lowest BCUT2D eigenvalue weighted by molar-refractivity contribution is 0.590. The molecule has 6 heteroatoms. The van der Waals surface area contributed by atoms with Crippen LogP contribution >= 0.6 is 0 Å². The molecule has 0 fully saturated rings. The summed E-state index contributed by atoms with van der Waals surface area (Å²) in [7, 11) is 0. The average molecular weight is 402 g/mol. The molecule has 0 aliphatic carbocycles. The van der Waals surface area contributed by atoms with Crippen molar-refractivity contribution in [3.8, 4) is 11.4 Å². The number of nitrogens with zero attached hydrogens (tertiary/aromatic N) is 3. The molecule has 2 aromatic carbocycles. The number of hydrogen-bond donors (Lipinski definition) is 2. The van der Waals surface area contributed by atoms with Gasteiger partial charge in [0.15, 0.2) is 5.82 Å². The van der Waals surface area contributed by atoms with Crippen LogP contribution in [-0.2, 0) is 12.0 Å². The van der Waals surface area contributed by atoms with E-state index in [0.29, 0.717) is 18.1 Å². The van der Waals surface area contributed by atoms with Crippen LogP contribution in [0.15, 0.2) is 53.3 Å². The molecule has 2 N–H and O–H groups in total. The predicted molar refractivity (Wildman–Crippen MR) is 121 cm³/mol. The van der Waals surface area contributed by atoms with E-state index in [4.69, 9.17) is 0 Å². The van der Waals surface area contributed by atoms with Gasteiger partial charge in [0, 0.05) is 23.0 Å². The van der Waals surface area contributed by atoms with E-state index in [1.165, 1.54) is 21.2 Å². The number of anilines is 1. The smallest absolute Gasteiger partial charge is 0.275 e. The van der Waals surface area contributed by atoms with E-state index in [0.717, 1.165) is 16.9 Å². The Labute approximate surface area is 176 Å². The van der Waals surface area contributed by atoms with Crippen LogP contribution in [0.3, 0.4) is 0 Å². The number of benzene rings is 2. The van der Waals surface area contributed by atoms with Gasteiger partial charge in [0.25, 0.3) is 5.56 Å². The highest BCUT2D eigenvalue weighted by Gasteiger charge is 2.15. The second kappa shape index (κ2) is 7.44. The summed E-state index contributed by atoms with van der Waals surface area (Å²) in [6, 6.07) is 16.0. The first-order valence-corrected chi connectivity index (χ1v) is 10.1. The standard InChI is InChI=1S/C24H27N5O/c1-15-6-11-19(12-16(15)2)25-14-20-13-21(30)29-23(26-20)27-22(28-29)17-7-9-18(10-8-17)24(3,4)5/h6-13,25H,14H2,1-5H3,(H,26,27,28). The van der Waals surface area contributed by atoms with Crippen molar-refractivity contribution in [1.29, 1.82) is 0 Å². The average Bonchev–Trinajstić information content (AvgIpc) is 3.13. The normalized spacial score (nSPS) is 11.8. The molecule has 0 bridgehead atoms. The Morgan fingerprint density at radius 2 is 1.73 bits per heavy atom. The molecule has 6 nitrogen and oxygen atoms in total. The van der Waals surface area contributed by atoms with Gasteiger partial charge in [0.1, 0.15) is 0 Å². The van der Waals surface area contributed by atoms with Gasteiger partial charge >= 0.3 is 0 Å². The Morgan fingerprint density at radius 3 is 2.40 bits per heavy atom. The first-order chi connectivity index (χ1) is 14.2. The molecule has 0 aliphatic rings. The lowest BCUT2D eigenvalue weighted by atomic mass is 9.87. The van der Waals surface area contributed by atoms with Gasteiger partial charge in [-0.05, 0) is 48.1 Å². The highest BCUT2D eigenvalue weighted by molar-refractivity contribution is 5.57. The van der Waals surface area contributed by atoms with E-state index in [1.807, 2.05) is 18.2 Å². The number of aromatic amines is 1. The van der Waals surface area contributed by atoms with Crippen LogP contribution in [0.5, 0.6) is 0 Å². The fourth-order valence-corrected chi connectivity index (χ4v) is 3.32. The minimum Gasteiger partial charge on any atom is -0.379 e. The zero-order valence-electron chi connectivity index (χ0n) is 18.1. The fraction of sp³-hybridized carbons (Fsp3) is 0.292. The molecule has 0 radical (unpaired) electrons. The predicted octanol–water partition coefficient (Wildman–Crippen LogP) is 4.61. The van der Waals surface area contributed by atoms with Crippen LogP contribution in [0, 0.1) is 13.8 Å². The SMILES string of the molecule is Cc1ccc(NCc2cc(=O)n3nc(-c4ccc(C(C)(C)C)cc4)nc3[nH]2)cc1C. The summed E-state index contributed by atoms with van der Waals surface area (Å²) < 4.78 is 1.31. The van der Waals surface area contributed by atoms with Gasteiger partial charge in [-0.2, -0.15) is 9.50 Å². The van der Waals surface area contributed by atoms with Gasteiger partial charge in [-0.25, -0.2) is 0 Å². The van der Waals surface area contributed by atoms with Gasteiger partial charge in [-0.1, -0.05) is 51.1 Å². The van der Waals surface area contributed by atoms with Crippen LogP contribution in [0.1, 0.15) is 43.2 Å². The molecule has 0 saturated carbocycles. The van der Waals surface area contributed by atoms with Crippen LogP contribution in [0.25, 0.3) is 17.2 Å². The van der Waals surface area contributed by atoms with Crippen molar-refractivity contribution in [2.45, 2.75) is 46.6 Å². The van der Waals surface area contributed by atoms with Crippen LogP contribution in [0.4, 0.5) is 5.69 Å². The van der Waals surface area contributed by atoms with Crippen molar-refractivity contribution in [2.24, 2.45) is 0 Å². The van der Waals surface area contributed by atoms with E-state index >= 15 is 0 Å². The summed E-state index contributed by atoms with van der Waals surface area (Å²) in [5.41, 5.74) is 6.25. The minimum atomic E-state index is -0.203. The number of rotatable bonds is 4. The first-order valence-electron chi connectivity index (χ1n) is 10.1. The van der Waals surface area contributed by atoms with Gasteiger partial charge in [-0.3, -0.25) is 4.79 Å². The lowest BCUT2D eigenvalue weighted by Crippen LogP contribution is -2.17. The first kappa shape index (κ1) is 19.9. The quantitative estimate of drug-likeness (QED) is 0.524. The zero-order valence-corrected chi connectivity index (χ0v) is 18.1. The molecule has 4 rings (SSSR count). The molecule has 0 amide bonds. The maximum absolute atomic E-state index is 12.6. The molecule has 2 aromatic heterocycles. The molecule has 0 aliphatic heterocycles. The molecule has 0 spiro atoms. The van der Waals surface area contributed by atoms with Crippen molar-refractivity contribution < 1.29 is 0 Å². The molecule has 0 unspecified atom stereocenters. The summed E-state index contributed by atoms with van der Waals surface area (Å²) in [4.78, 5) is 20.3. The molecule has 154 valence electrons. The highest BCUT2D eigenvalue weighted by Crippen LogP contribution is 2.25. The third-order valence-electron chi connectivity index (χ3n) is 5.38. The molecular formula is C24H27N5O. The number of hydrogen-bond acceptors (Lipinski definition) is 4. The summed E-state index contributed by atoms with van der Waals surface area (Å²) in [5.74, 6) is 0.970. The Kier molecular flexibility index (Phi) is 4.94. The van der Waals surface area contributed by atoms with Crippen LogP contribution in [0.2, 0.25) is 0 Å². The van der Waals surface area contributed by atoms with Gasteiger partial charge < -0.3 is 10.3 Å². The molecule has 30 heavy (non-hydrogen) atoms. The third kappa shape index (κ3) is 3.99. The Morgan fingerprint density at radius 1 is 1.00 bits per heavy atom. The molecule has 0 saturated heterocycles. The molecule has 2 heterocycles. The molecule has 0 atom stereocenters. The van der Waals surface area contributed by atoms with Crippen LogP contribution < -0.4 is 10.9 Å². The zero-order chi connectivity index (χ0) is 21.5. The van der Waals surface area contributed by atoms with Crippen LogP contribution in [-0.4, -0.2) is 19.6 Å². The topological polar surface area (TPSA) is 75.1 Å². The maximum atomic E-state index is 12.6. The van der Waals surface area contributed by atoms with E-state index in [-0.39, 0.29) is 11.0 Å². The summed E-state index contributed by atoms with van der Waals surface area (Å²) in [6.45, 7) is 11.2. The Bertz CT molecular complexity index is 1260. The Balaban J connectivity index is 1.59. The van der Waals surface area contributed by atoms with Crippen molar-refractivity contribution in [1.82, 2.24) is 19.6 Å². The summed E-state index contributed by atoms with van der Waals surface area (Å²) in [6.07, 6.45) is 0. The number of H-pyrrole nitrogens is 1. The highest BCUT2D eigenvalue weighted by atomic mass is 16.1. The Hall–Kier alpha value is -3.41. The number of aromatic nitrogens is 4. The summed E-state index contributed by atoms with van der Waals surface area (Å²) in [5, 5.41) is 7.75. The second-order valence-corrected chi connectivity index (χ2v) is 8.78. The second-order valence-electron chi connectivity index (χ2n) is 8.78. The van der Waals surface area contributed by atoms with E-state index in [2.05, 4.69) is 79.3 Å². The number of fused-ring (bicyclic) bond motifs is 1. The largest absolute Gasteiger partial charge is 0.379 e. The monoisotopic (exact) mass is 401 g/mol. The van der Waals surface area contributed by atoms with Gasteiger partial charge in [-0.15, -0.1) is 5.10 Å². The minimum absolute atomic E-state index is 0.0821. The van der Waals surface area contributed by atoms with Gasteiger partial charge in [0.05, 0.1) is 6.54 Å². The van der Waals surface area contributed by atoms with Crippen molar-refractivity contribution in [2.75, 3.05) is 5.32 Å². The fourth-order valence-electron chi connectivity index (χ4n) is 3.32. The summed E-state index contributed by atoms with van der Waals surface area (Å²) >= 11 is 0. The number of aryl methyl sites for hydroxylation is 2.